The molecule has 9 aromatic rings. The van der Waals surface area contributed by atoms with Crippen LogP contribution in [0.25, 0.3) is 55.4 Å². The van der Waals surface area contributed by atoms with Gasteiger partial charge in [-0.05, 0) is 90.0 Å². The van der Waals surface area contributed by atoms with Gasteiger partial charge in [-0.1, -0.05) is 47.5 Å². The topological polar surface area (TPSA) is 132 Å². The number of carbonyl (C=O) groups excluding carboxylic acids is 1. The Morgan fingerprint density at radius 2 is 1.33 bits per heavy atom. The summed E-state index contributed by atoms with van der Waals surface area (Å²) in [6.07, 6.45) is 10.9. The van der Waals surface area contributed by atoms with Crippen LogP contribution in [0.1, 0.15) is 15.9 Å². The summed E-state index contributed by atoms with van der Waals surface area (Å²) < 4.78 is 4.03. The Hall–Kier alpha value is -6.33. The monoisotopic (exact) mass is 751 g/mol. The zero-order chi connectivity index (χ0) is 37.6. The molecule has 12 heteroatoms. The minimum absolute atomic E-state index is 0.0877. The Morgan fingerprint density at radius 3 is 2.02 bits per heavy atom. The Bertz CT molecular complexity index is 2670. The van der Waals surface area contributed by atoms with Gasteiger partial charge >= 0.3 is 0 Å². The molecule has 0 radical (unpaired) electrons. The number of aromatic nitrogens is 7. The summed E-state index contributed by atoms with van der Waals surface area (Å²) in [5.41, 5.74) is 14.8. The number of hydrogen-bond acceptors (Lipinski definition) is 7. The summed E-state index contributed by atoms with van der Waals surface area (Å²) in [5, 5.41) is 2.57. The molecule has 0 bridgehead atoms. The van der Waals surface area contributed by atoms with E-state index in [1.165, 1.54) is 0 Å². The van der Waals surface area contributed by atoms with Crippen molar-refractivity contribution in [2.75, 3.05) is 5.43 Å². The van der Waals surface area contributed by atoms with Crippen LogP contribution < -0.4 is 11.3 Å². The summed E-state index contributed by atoms with van der Waals surface area (Å²) in [4.78, 5) is 32.2. The molecule has 4 N–H and O–H groups in total. The van der Waals surface area contributed by atoms with Crippen LogP contribution in [0.3, 0.4) is 0 Å². The largest absolute Gasteiger partial charge is 0.354 e. The molecule has 54 heavy (non-hydrogen) atoms. The number of nitrogens with one attached hydrogen (secondary N) is 2. The number of aromatic amines is 1. The third-order valence-electron chi connectivity index (χ3n) is 8.91. The van der Waals surface area contributed by atoms with E-state index in [0.717, 1.165) is 71.6 Å². The van der Waals surface area contributed by atoms with E-state index in [1.54, 1.807) is 43.0 Å². The average Bonchev–Trinajstić information content (AvgIpc) is 3.91. The van der Waals surface area contributed by atoms with Crippen LogP contribution in [-0.2, 0) is 20.5 Å². The highest BCUT2D eigenvalue weighted by Crippen LogP contribution is 2.41. The van der Waals surface area contributed by atoms with E-state index < -0.39 is 0 Å². The fourth-order valence-electron chi connectivity index (χ4n) is 6.21. The van der Waals surface area contributed by atoms with E-state index >= 15 is 0 Å². The van der Waals surface area contributed by atoms with Crippen molar-refractivity contribution in [2.45, 2.75) is 6.42 Å². The number of halogens is 2. The minimum Gasteiger partial charge on any atom is -0.354 e. The molecule has 5 heterocycles. The number of H-pyrrole nitrogens is 1. The van der Waals surface area contributed by atoms with E-state index in [2.05, 4.69) is 59.2 Å². The molecule has 5 aromatic heterocycles. The number of nitrogen functional groups attached to an aromatic ring is 1. The summed E-state index contributed by atoms with van der Waals surface area (Å²) in [7, 11) is 3.98. The number of carbonyl (C=O) groups is 1. The van der Waals surface area contributed by atoms with Crippen molar-refractivity contribution in [1.82, 2.24) is 34.1 Å². The molecule has 0 unspecified atom stereocenters. The summed E-state index contributed by atoms with van der Waals surface area (Å²) in [6, 6.07) is 32.7. The van der Waals surface area contributed by atoms with Crippen molar-refractivity contribution in [2.24, 2.45) is 19.9 Å². The third kappa shape index (κ3) is 7.86. The van der Waals surface area contributed by atoms with Gasteiger partial charge in [0.25, 0.3) is 0 Å². The summed E-state index contributed by atoms with van der Waals surface area (Å²) >= 11 is 11.9. The number of rotatable bonds is 6. The quantitative estimate of drug-likeness (QED) is 0.0876. The maximum atomic E-state index is 11.8. The molecule has 10 nitrogen and oxygen atoms in total. The van der Waals surface area contributed by atoms with E-state index in [0.29, 0.717) is 17.0 Å². The van der Waals surface area contributed by atoms with E-state index in [1.807, 2.05) is 92.0 Å². The maximum Gasteiger partial charge on any atom is 0.167 e. The lowest BCUT2D eigenvalue weighted by Gasteiger charge is -2.07. The fraction of sp³-hybridized carbons (Fsp3) is 0.0714. The van der Waals surface area contributed by atoms with Gasteiger partial charge in [0.1, 0.15) is 0 Å². The van der Waals surface area contributed by atoms with Crippen molar-refractivity contribution in [3.63, 3.8) is 0 Å². The number of fused-ring (bicyclic) bond motifs is 4. The molecule has 0 aliphatic rings. The van der Waals surface area contributed by atoms with E-state index in [4.69, 9.17) is 29.0 Å². The first kappa shape index (κ1) is 36.0. The van der Waals surface area contributed by atoms with Gasteiger partial charge < -0.3 is 19.5 Å². The van der Waals surface area contributed by atoms with Crippen LogP contribution in [0.5, 0.6) is 0 Å². The number of anilines is 1. The number of ketones is 1. The molecule has 4 aromatic carbocycles. The number of nitrogens with zero attached hydrogens (tertiary/aromatic N) is 6. The van der Waals surface area contributed by atoms with Gasteiger partial charge in [-0.25, -0.2) is 9.97 Å². The number of hydrogen-bond donors (Lipinski definition) is 3. The first-order valence-electron chi connectivity index (χ1n) is 17.0. The van der Waals surface area contributed by atoms with Crippen molar-refractivity contribution in [3.05, 3.63) is 162 Å². The number of imidazole rings is 2. The van der Waals surface area contributed by atoms with Crippen molar-refractivity contribution in [1.29, 1.82) is 0 Å². The third-order valence-corrected chi connectivity index (χ3v) is 9.42. The molecule has 9 rings (SSSR count). The molecule has 0 saturated heterocycles. The van der Waals surface area contributed by atoms with Crippen LogP contribution >= 0.6 is 23.2 Å². The van der Waals surface area contributed by atoms with Gasteiger partial charge in [0, 0.05) is 82.9 Å². The molecule has 0 aliphatic heterocycles. The number of aryl methyl sites for hydroxylation is 2. The van der Waals surface area contributed by atoms with Gasteiger partial charge in [0.05, 0.1) is 46.1 Å². The highest BCUT2D eigenvalue weighted by molar-refractivity contribution is 6.31. The van der Waals surface area contributed by atoms with Crippen LogP contribution in [0.4, 0.5) is 5.69 Å². The predicted octanol–water partition coefficient (Wildman–Crippen LogP) is 9.46. The molecule has 0 saturated carbocycles. The minimum atomic E-state index is 0.0877. The van der Waals surface area contributed by atoms with Gasteiger partial charge in [0.2, 0.25) is 0 Å². The molecule has 0 atom stereocenters. The molecular formula is C42H35Cl2N9O. The van der Waals surface area contributed by atoms with E-state index in [-0.39, 0.29) is 5.78 Å². The number of Topliss-reactive ketones (excluding diaryl/α,β-unsaturated/α-hetero) is 1. The zero-order valence-corrected chi connectivity index (χ0v) is 30.9. The lowest BCUT2D eigenvalue weighted by Crippen LogP contribution is -2.06. The number of nitrogens with two attached hydrogens (primary N) is 1. The van der Waals surface area contributed by atoms with Crippen LogP contribution in [0.2, 0.25) is 10.0 Å². The van der Waals surface area contributed by atoms with Gasteiger partial charge in [0.15, 0.2) is 5.78 Å². The first-order valence-corrected chi connectivity index (χ1v) is 17.7. The van der Waals surface area contributed by atoms with Crippen molar-refractivity contribution in [3.8, 4) is 22.4 Å². The Labute approximate surface area is 321 Å². The second-order valence-corrected chi connectivity index (χ2v) is 13.4. The highest BCUT2D eigenvalue weighted by Gasteiger charge is 2.19. The molecule has 268 valence electrons. The van der Waals surface area contributed by atoms with Crippen molar-refractivity contribution >= 4 is 67.6 Å². The van der Waals surface area contributed by atoms with Crippen LogP contribution in [0.15, 0.2) is 141 Å². The first-order chi connectivity index (χ1) is 26.3. The highest BCUT2D eigenvalue weighted by atomic mass is 35.5. The van der Waals surface area contributed by atoms with Crippen molar-refractivity contribution < 1.29 is 4.79 Å². The Morgan fingerprint density at radius 1 is 0.722 bits per heavy atom. The van der Waals surface area contributed by atoms with Gasteiger partial charge in [-0.15, -0.1) is 0 Å². The lowest BCUT2D eigenvalue weighted by molar-refractivity contribution is 0.0993. The second kappa shape index (κ2) is 16.1. The second-order valence-electron chi connectivity index (χ2n) is 12.5. The fourth-order valence-corrected chi connectivity index (χ4v) is 6.46. The average molecular weight is 753 g/mol. The lowest BCUT2D eigenvalue weighted by atomic mass is 9.98. The molecule has 0 fully saturated rings. The van der Waals surface area contributed by atoms with Gasteiger partial charge in [-0.3, -0.25) is 20.6 Å². The molecule has 0 amide bonds. The van der Waals surface area contributed by atoms with Gasteiger partial charge in [-0.2, -0.15) is 0 Å². The smallest absolute Gasteiger partial charge is 0.167 e. The summed E-state index contributed by atoms with van der Waals surface area (Å²) in [6.45, 7) is 0. The van der Waals surface area contributed by atoms with E-state index in [9.17, 15) is 4.79 Å². The SMILES string of the molecule is Cn1cnc2ccc(NN)cc21.Cn1cnc2ccc3[nH]c(-c4ccncc4)c(-c4ccc(Cl)cc4)c3c21.O=C(Cc1ccc(Cl)cc1)c1ccncc1. The zero-order valence-electron chi connectivity index (χ0n) is 29.4. The maximum absolute atomic E-state index is 11.8. The normalized spacial score (nSPS) is 10.8. The molecule has 0 spiro atoms. The predicted molar refractivity (Wildman–Crippen MR) is 218 cm³/mol. The standard InChI is InChI=1S/C21H15ClN4.C13H10ClNO.C8H10N4/c1-26-12-24-17-7-6-16-19(21(17)26)18(13-2-4-15(22)5-3-13)20(25-16)14-8-10-23-11-9-14;14-12-3-1-10(2-4-12)9-13(16)11-5-7-15-8-6-11;1-12-5-10-7-3-2-6(11-9)4-8(7)12/h2-12,25H,1H3;1-8H,9H2;2-5,11H,9H2,1H3. The Balaban J connectivity index is 0.000000137. The Kier molecular flexibility index (Phi) is 10.8. The number of pyridine rings is 2. The molecule has 0 aliphatic carbocycles. The van der Waals surface area contributed by atoms with Crippen LogP contribution in [-0.4, -0.2) is 39.8 Å². The molecular weight excluding hydrogens is 717 g/mol. The van der Waals surface area contributed by atoms with Crippen LogP contribution in [0, 0.1) is 0 Å². The summed E-state index contributed by atoms with van der Waals surface area (Å²) in [5.74, 6) is 5.37. The number of benzene rings is 4. The number of hydrazine groups is 1.